The highest BCUT2D eigenvalue weighted by Gasteiger charge is 2.07. The molecule has 0 saturated heterocycles. The summed E-state index contributed by atoms with van der Waals surface area (Å²) in [5.74, 6) is 0.562. The summed E-state index contributed by atoms with van der Waals surface area (Å²) < 4.78 is 0. The molecule has 0 amide bonds. The van der Waals surface area contributed by atoms with Crippen molar-refractivity contribution in [1.82, 2.24) is 0 Å². The molecule has 1 aromatic carbocycles. The summed E-state index contributed by atoms with van der Waals surface area (Å²) in [6.45, 7) is 4.26. The number of benzene rings is 1. The van der Waals surface area contributed by atoms with Crippen LogP contribution in [0.4, 0.5) is 0 Å². The van der Waals surface area contributed by atoms with Gasteiger partial charge in [0.05, 0.1) is 0 Å². The molecule has 0 fully saturated rings. The molecule has 0 aliphatic carbocycles. The highest BCUT2D eigenvalue weighted by molar-refractivity contribution is 5.15. The molecule has 2 N–H and O–H groups in total. The average molecular weight is 163 g/mol. The molecule has 0 saturated carbocycles. The number of rotatable bonds is 3. The van der Waals surface area contributed by atoms with E-state index in [4.69, 9.17) is 5.73 Å². The van der Waals surface area contributed by atoms with Gasteiger partial charge in [0.2, 0.25) is 0 Å². The summed E-state index contributed by atoms with van der Waals surface area (Å²) in [5.41, 5.74) is 7.16. The first-order chi connectivity index (χ1) is 5.70. The van der Waals surface area contributed by atoms with E-state index in [1.165, 1.54) is 5.56 Å². The van der Waals surface area contributed by atoms with Crippen LogP contribution in [0.15, 0.2) is 30.3 Å². The van der Waals surface area contributed by atoms with Crippen LogP contribution in [0.1, 0.15) is 19.4 Å². The Kier molecular flexibility index (Phi) is 3.30. The molecule has 66 valence electrons. The van der Waals surface area contributed by atoms with Crippen LogP contribution in [0, 0.1) is 5.92 Å². The normalized spacial score (nSPS) is 15.6. The quantitative estimate of drug-likeness (QED) is 0.726. The fraction of sp³-hybridized carbons (Fsp3) is 0.455. The van der Waals surface area contributed by atoms with E-state index in [0.29, 0.717) is 5.92 Å². The predicted molar refractivity (Wildman–Crippen MR) is 53.0 cm³/mol. The second-order valence-corrected chi connectivity index (χ2v) is 3.53. The third kappa shape index (κ3) is 2.67. The van der Waals surface area contributed by atoms with Gasteiger partial charge in [-0.25, -0.2) is 0 Å². The van der Waals surface area contributed by atoms with Crippen LogP contribution in [0.25, 0.3) is 0 Å². The van der Waals surface area contributed by atoms with Gasteiger partial charge in [0.1, 0.15) is 0 Å². The van der Waals surface area contributed by atoms with Gasteiger partial charge in [0.25, 0.3) is 0 Å². The van der Waals surface area contributed by atoms with Crippen LogP contribution in [0.3, 0.4) is 0 Å². The SMILES string of the molecule is CC(N)C(C)Cc1ccccc1. The first kappa shape index (κ1) is 9.27. The minimum atomic E-state index is 0.283. The van der Waals surface area contributed by atoms with Gasteiger partial charge in [-0.2, -0.15) is 0 Å². The monoisotopic (exact) mass is 163 g/mol. The Morgan fingerprint density at radius 2 is 1.75 bits per heavy atom. The summed E-state index contributed by atoms with van der Waals surface area (Å²) >= 11 is 0. The molecule has 1 aromatic rings. The predicted octanol–water partition coefficient (Wildman–Crippen LogP) is 2.21. The van der Waals surface area contributed by atoms with Crippen LogP contribution in [0.2, 0.25) is 0 Å². The minimum Gasteiger partial charge on any atom is -0.328 e. The lowest BCUT2D eigenvalue weighted by Gasteiger charge is -2.14. The fourth-order valence-corrected chi connectivity index (χ4v) is 1.17. The van der Waals surface area contributed by atoms with Gasteiger partial charge in [0, 0.05) is 6.04 Å². The maximum absolute atomic E-state index is 5.78. The molecule has 1 rings (SSSR count). The molecule has 0 aromatic heterocycles. The van der Waals surface area contributed by atoms with Gasteiger partial charge >= 0.3 is 0 Å². The zero-order chi connectivity index (χ0) is 8.97. The van der Waals surface area contributed by atoms with E-state index < -0.39 is 0 Å². The lowest BCUT2D eigenvalue weighted by Crippen LogP contribution is -2.25. The van der Waals surface area contributed by atoms with Crippen LogP contribution in [0.5, 0.6) is 0 Å². The van der Waals surface area contributed by atoms with Gasteiger partial charge in [0.15, 0.2) is 0 Å². The molecule has 0 bridgehead atoms. The van der Waals surface area contributed by atoms with Crippen molar-refractivity contribution in [2.75, 3.05) is 0 Å². The van der Waals surface area contributed by atoms with Crippen molar-refractivity contribution in [1.29, 1.82) is 0 Å². The Morgan fingerprint density at radius 3 is 2.25 bits per heavy atom. The zero-order valence-corrected chi connectivity index (χ0v) is 7.83. The molecule has 1 heteroatoms. The Labute approximate surface area is 74.6 Å². The second kappa shape index (κ2) is 4.27. The first-order valence-electron chi connectivity index (χ1n) is 4.49. The van der Waals surface area contributed by atoms with Gasteiger partial charge in [-0.1, -0.05) is 37.3 Å². The first-order valence-corrected chi connectivity index (χ1v) is 4.49. The maximum atomic E-state index is 5.78. The lowest BCUT2D eigenvalue weighted by atomic mass is 9.96. The summed E-state index contributed by atoms with van der Waals surface area (Å²) in [6, 6.07) is 10.8. The fourth-order valence-electron chi connectivity index (χ4n) is 1.17. The smallest absolute Gasteiger partial charge is 0.00393 e. The van der Waals surface area contributed by atoms with E-state index in [2.05, 4.69) is 38.1 Å². The molecule has 0 aliphatic rings. The Hall–Kier alpha value is -0.820. The van der Waals surface area contributed by atoms with E-state index in [-0.39, 0.29) is 6.04 Å². The number of nitrogens with two attached hydrogens (primary N) is 1. The molecular weight excluding hydrogens is 146 g/mol. The average Bonchev–Trinajstić information content (AvgIpc) is 2.06. The molecule has 2 unspecified atom stereocenters. The van der Waals surface area contributed by atoms with E-state index in [1.807, 2.05) is 6.07 Å². The van der Waals surface area contributed by atoms with E-state index in [0.717, 1.165) is 6.42 Å². The molecule has 0 radical (unpaired) electrons. The minimum absolute atomic E-state index is 0.283. The van der Waals surface area contributed by atoms with E-state index >= 15 is 0 Å². The van der Waals surface area contributed by atoms with Crippen molar-refractivity contribution in [2.45, 2.75) is 26.3 Å². The zero-order valence-electron chi connectivity index (χ0n) is 7.83. The van der Waals surface area contributed by atoms with Crippen molar-refractivity contribution >= 4 is 0 Å². The van der Waals surface area contributed by atoms with Gasteiger partial charge in [-0.05, 0) is 24.8 Å². The van der Waals surface area contributed by atoms with Crippen LogP contribution in [-0.2, 0) is 6.42 Å². The third-order valence-corrected chi connectivity index (χ3v) is 2.30. The molecule has 0 spiro atoms. The Bertz CT molecular complexity index is 216. The van der Waals surface area contributed by atoms with Crippen LogP contribution >= 0.6 is 0 Å². The van der Waals surface area contributed by atoms with Crippen molar-refractivity contribution in [2.24, 2.45) is 11.7 Å². The van der Waals surface area contributed by atoms with Gasteiger partial charge in [-0.3, -0.25) is 0 Å². The second-order valence-electron chi connectivity index (χ2n) is 3.53. The molecular formula is C11H17N. The summed E-state index contributed by atoms with van der Waals surface area (Å²) in [5, 5.41) is 0. The summed E-state index contributed by atoms with van der Waals surface area (Å²) in [7, 11) is 0. The Morgan fingerprint density at radius 1 is 1.17 bits per heavy atom. The lowest BCUT2D eigenvalue weighted by molar-refractivity contribution is 0.482. The molecule has 0 heterocycles. The molecule has 12 heavy (non-hydrogen) atoms. The summed E-state index contributed by atoms with van der Waals surface area (Å²) in [6.07, 6.45) is 1.08. The van der Waals surface area contributed by atoms with Gasteiger partial charge < -0.3 is 5.73 Å². The van der Waals surface area contributed by atoms with Crippen LogP contribution < -0.4 is 5.73 Å². The van der Waals surface area contributed by atoms with E-state index in [9.17, 15) is 0 Å². The van der Waals surface area contributed by atoms with Crippen molar-refractivity contribution in [3.63, 3.8) is 0 Å². The number of hydrogen-bond donors (Lipinski definition) is 1. The number of hydrogen-bond acceptors (Lipinski definition) is 1. The van der Waals surface area contributed by atoms with Crippen molar-refractivity contribution in [3.8, 4) is 0 Å². The van der Waals surface area contributed by atoms with Crippen LogP contribution in [-0.4, -0.2) is 6.04 Å². The third-order valence-electron chi connectivity index (χ3n) is 2.30. The van der Waals surface area contributed by atoms with Crippen molar-refractivity contribution in [3.05, 3.63) is 35.9 Å². The molecule has 0 aliphatic heterocycles. The highest BCUT2D eigenvalue weighted by Crippen LogP contribution is 2.09. The largest absolute Gasteiger partial charge is 0.328 e. The van der Waals surface area contributed by atoms with Gasteiger partial charge in [-0.15, -0.1) is 0 Å². The maximum Gasteiger partial charge on any atom is 0.00393 e. The van der Waals surface area contributed by atoms with Crippen molar-refractivity contribution < 1.29 is 0 Å². The van der Waals surface area contributed by atoms with E-state index in [1.54, 1.807) is 0 Å². The molecule has 1 nitrogen and oxygen atoms in total. The highest BCUT2D eigenvalue weighted by atomic mass is 14.6. The standard InChI is InChI=1S/C11H17N/c1-9(10(2)12)8-11-6-4-3-5-7-11/h3-7,9-10H,8,12H2,1-2H3. The topological polar surface area (TPSA) is 26.0 Å². The molecule has 2 atom stereocenters. The Balaban J connectivity index is 2.53. The summed E-state index contributed by atoms with van der Waals surface area (Å²) in [4.78, 5) is 0.